The number of anilines is 2. The number of rotatable bonds is 7. The predicted octanol–water partition coefficient (Wildman–Crippen LogP) is 3.67. The third-order valence-corrected chi connectivity index (χ3v) is 4.15. The molecular weight excluding hydrogens is 356 g/mol. The molecule has 1 aromatic heterocycles. The summed E-state index contributed by atoms with van der Waals surface area (Å²) >= 11 is 0. The predicted molar refractivity (Wildman–Crippen MR) is 108 cm³/mol. The van der Waals surface area contributed by atoms with Gasteiger partial charge in [0, 0.05) is 12.1 Å². The van der Waals surface area contributed by atoms with E-state index in [1.165, 1.54) is 12.7 Å². The number of carbonyl (C=O) groups excluding carboxylic acids is 1. The largest absolute Gasteiger partial charge is 0.493 e. The molecule has 144 valence electrons. The molecule has 0 spiro atoms. The van der Waals surface area contributed by atoms with Gasteiger partial charge in [-0.15, -0.1) is 10.2 Å². The highest BCUT2D eigenvalue weighted by Crippen LogP contribution is 2.27. The SMILES string of the molecule is COc1ccc(C(=O)Nc2ccc(NCc3ccc(C)cc3)nn2)cc1OC. The van der Waals surface area contributed by atoms with Crippen LogP contribution in [0.25, 0.3) is 0 Å². The van der Waals surface area contributed by atoms with Crippen molar-refractivity contribution in [3.8, 4) is 11.5 Å². The van der Waals surface area contributed by atoms with Gasteiger partial charge in [-0.1, -0.05) is 29.8 Å². The second-order valence-electron chi connectivity index (χ2n) is 6.17. The number of ether oxygens (including phenoxy) is 2. The summed E-state index contributed by atoms with van der Waals surface area (Å²) in [4.78, 5) is 12.4. The maximum Gasteiger partial charge on any atom is 0.257 e. The first-order valence-electron chi connectivity index (χ1n) is 8.75. The number of hydrogen-bond acceptors (Lipinski definition) is 6. The molecular formula is C21H22N4O3. The first-order chi connectivity index (χ1) is 13.6. The first kappa shape index (κ1) is 19.2. The molecule has 0 bridgehead atoms. The van der Waals surface area contributed by atoms with Gasteiger partial charge in [-0.2, -0.15) is 0 Å². The van der Waals surface area contributed by atoms with Crippen molar-refractivity contribution in [2.45, 2.75) is 13.5 Å². The molecule has 0 aliphatic rings. The molecule has 3 aromatic rings. The quantitative estimate of drug-likeness (QED) is 0.653. The Kier molecular flexibility index (Phi) is 6.06. The summed E-state index contributed by atoms with van der Waals surface area (Å²) < 4.78 is 10.4. The smallest absolute Gasteiger partial charge is 0.257 e. The fraction of sp³-hybridized carbons (Fsp3) is 0.190. The second-order valence-corrected chi connectivity index (χ2v) is 6.17. The minimum Gasteiger partial charge on any atom is -0.493 e. The monoisotopic (exact) mass is 378 g/mol. The second kappa shape index (κ2) is 8.85. The fourth-order valence-electron chi connectivity index (χ4n) is 2.56. The number of nitrogens with one attached hydrogen (secondary N) is 2. The van der Waals surface area contributed by atoms with Crippen molar-refractivity contribution in [1.82, 2.24) is 10.2 Å². The summed E-state index contributed by atoms with van der Waals surface area (Å²) in [5.74, 6) is 1.72. The van der Waals surface area contributed by atoms with E-state index in [-0.39, 0.29) is 5.91 Å². The summed E-state index contributed by atoms with van der Waals surface area (Å²) in [7, 11) is 3.06. The van der Waals surface area contributed by atoms with Gasteiger partial charge in [-0.05, 0) is 42.8 Å². The number of benzene rings is 2. The summed E-state index contributed by atoms with van der Waals surface area (Å²) in [6, 6.07) is 16.7. The summed E-state index contributed by atoms with van der Waals surface area (Å²) in [6.07, 6.45) is 0. The van der Waals surface area contributed by atoms with Crippen LogP contribution >= 0.6 is 0 Å². The van der Waals surface area contributed by atoms with Crippen molar-refractivity contribution in [2.75, 3.05) is 24.9 Å². The van der Waals surface area contributed by atoms with Crippen LogP contribution in [0.1, 0.15) is 21.5 Å². The lowest BCUT2D eigenvalue weighted by molar-refractivity contribution is 0.102. The van der Waals surface area contributed by atoms with Crippen LogP contribution in [0.15, 0.2) is 54.6 Å². The molecule has 1 amide bonds. The van der Waals surface area contributed by atoms with Crippen molar-refractivity contribution in [2.24, 2.45) is 0 Å². The van der Waals surface area contributed by atoms with E-state index in [1.807, 2.05) is 0 Å². The van der Waals surface area contributed by atoms with Crippen molar-refractivity contribution < 1.29 is 14.3 Å². The van der Waals surface area contributed by atoms with Gasteiger partial charge >= 0.3 is 0 Å². The molecule has 2 aromatic carbocycles. The van der Waals surface area contributed by atoms with E-state index in [9.17, 15) is 4.79 Å². The summed E-state index contributed by atoms with van der Waals surface area (Å²) in [6.45, 7) is 2.70. The molecule has 0 atom stereocenters. The lowest BCUT2D eigenvalue weighted by Crippen LogP contribution is -2.14. The topological polar surface area (TPSA) is 85.4 Å². The maximum absolute atomic E-state index is 12.4. The Bertz CT molecular complexity index is 941. The molecule has 0 saturated heterocycles. The third-order valence-electron chi connectivity index (χ3n) is 4.15. The fourth-order valence-corrected chi connectivity index (χ4v) is 2.56. The van der Waals surface area contributed by atoms with Gasteiger partial charge in [-0.3, -0.25) is 4.79 Å². The summed E-state index contributed by atoms with van der Waals surface area (Å²) in [5, 5.41) is 14.1. The van der Waals surface area contributed by atoms with Crippen LogP contribution in [-0.2, 0) is 6.54 Å². The third kappa shape index (κ3) is 4.76. The van der Waals surface area contributed by atoms with Crippen molar-refractivity contribution in [3.05, 3.63) is 71.3 Å². The Hall–Kier alpha value is -3.61. The van der Waals surface area contributed by atoms with E-state index >= 15 is 0 Å². The Morgan fingerprint density at radius 3 is 2.21 bits per heavy atom. The molecule has 28 heavy (non-hydrogen) atoms. The highest BCUT2D eigenvalue weighted by atomic mass is 16.5. The van der Waals surface area contributed by atoms with Crippen LogP contribution in [-0.4, -0.2) is 30.3 Å². The molecule has 2 N–H and O–H groups in total. The van der Waals surface area contributed by atoms with Gasteiger partial charge in [0.1, 0.15) is 5.82 Å². The van der Waals surface area contributed by atoms with Crippen molar-refractivity contribution in [1.29, 1.82) is 0 Å². The van der Waals surface area contributed by atoms with E-state index < -0.39 is 0 Å². The number of amides is 1. The van der Waals surface area contributed by atoms with Crippen LogP contribution in [0, 0.1) is 6.92 Å². The standard InChI is InChI=1S/C21H22N4O3/c1-14-4-6-15(7-5-14)13-22-19-10-11-20(25-24-19)23-21(26)16-8-9-17(27-2)18(12-16)28-3/h4-12H,13H2,1-3H3,(H,22,24)(H,23,25,26). The molecule has 0 aliphatic carbocycles. The molecule has 0 aliphatic heterocycles. The first-order valence-corrected chi connectivity index (χ1v) is 8.75. The molecule has 3 rings (SSSR count). The molecule has 7 heteroatoms. The lowest BCUT2D eigenvalue weighted by atomic mass is 10.1. The normalized spacial score (nSPS) is 10.2. The van der Waals surface area contributed by atoms with Gasteiger partial charge in [0.25, 0.3) is 5.91 Å². The van der Waals surface area contributed by atoms with Gasteiger partial charge < -0.3 is 20.1 Å². The molecule has 0 saturated carbocycles. The zero-order chi connectivity index (χ0) is 19.9. The average Bonchev–Trinajstić information content (AvgIpc) is 2.73. The van der Waals surface area contributed by atoms with E-state index in [0.717, 1.165) is 5.56 Å². The van der Waals surface area contributed by atoms with Crippen LogP contribution in [0.3, 0.4) is 0 Å². The van der Waals surface area contributed by atoms with Crippen molar-refractivity contribution >= 4 is 17.5 Å². The number of carbonyl (C=O) groups is 1. The number of aryl methyl sites for hydroxylation is 1. The van der Waals surface area contributed by atoms with Crippen LogP contribution in [0.4, 0.5) is 11.6 Å². The molecule has 0 unspecified atom stereocenters. The Balaban J connectivity index is 1.60. The molecule has 0 radical (unpaired) electrons. The van der Waals surface area contributed by atoms with Crippen LogP contribution in [0.2, 0.25) is 0 Å². The van der Waals surface area contributed by atoms with E-state index in [2.05, 4.69) is 52.0 Å². The van der Waals surface area contributed by atoms with Gasteiger partial charge in [0.15, 0.2) is 17.3 Å². The highest BCUT2D eigenvalue weighted by Gasteiger charge is 2.11. The number of aromatic nitrogens is 2. The van der Waals surface area contributed by atoms with Gasteiger partial charge in [-0.25, -0.2) is 0 Å². The average molecular weight is 378 g/mol. The molecule has 0 fully saturated rings. The number of methoxy groups -OCH3 is 2. The minimum absolute atomic E-state index is 0.310. The zero-order valence-electron chi connectivity index (χ0n) is 16.0. The van der Waals surface area contributed by atoms with Crippen molar-refractivity contribution in [3.63, 3.8) is 0 Å². The van der Waals surface area contributed by atoms with E-state index in [1.54, 1.807) is 37.4 Å². The zero-order valence-corrected chi connectivity index (χ0v) is 16.0. The van der Waals surface area contributed by atoms with E-state index in [4.69, 9.17) is 9.47 Å². The summed E-state index contributed by atoms with van der Waals surface area (Å²) in [5.41, 5.74) is 2.80. The van der Waals surface area contributed by atoms with Gasteiger partial charge in [0.05, 0.1) is 14.2 Å². The highest BCUT2D eigenvalue weighted by molar-refractivity contribution is 6.04. The Labute approximate surface area is 163 Å². The van der Waals surface area contributed by atoms with E-state index in [0.29, 0.717) is 35.2 Å². The lowest BCUT2D eigenvalue weighted by Gasteiger charge is -2.10. The number of hydrogen-bond donors (Lipinski definition) is 2. The van der Waals surface area contributed by atoms with Crippen LogP contribution < -0.4 is 20.1 Å². The molecule has 1 heterocycles. The van der Waals surface area contributed by atoms with Gasteiger partial charge in [0.2, 0.25) is 0 Å². The Morgan fingerprint density at radius 2 is 1.57 bits per heavy atom. The maximum atomic E-state index is 12.4. The molecule has 7 nitrogen and oxygen atoms in total. The minimum atomic E-state index is -0.310. The Morgan fingerprint density at radius 1 is 0.893 bits per heavy atom. The number of nitrogens with zero attached hydrogens (tertiary/aromatic N) is 2. The van der Waals surface area contributed by atoms with Crippen LogP contribution in [0.5, 0.6) is 11.5 Å².